The molecule has 0 unspecified atom stereocenters. The lowest BCUT2D eigenvalue weighted by molar-refractivity contribution is 0.0605. The van der Waals surface area contributed by atoms with E-state index < -0.39 is 0 Å². The first-order valence-electron chi connectivity index (χ1n) is 8.89. The van der Waals surface area contributed by atoms with Gasteiger partial charge in [0.05, 0.1) is 16.1 Å². The number of halogens is 1. The average Bonchev–Trinajstić information content (AvgIpc) is 3.22. The number of aromatic nitrogens is 6. The number of nitrogens with two attached hydrogens (primary N) is 1. The predicted octanol–water partition coefficient (Wildman–Crippen LogP) is 3.03. The Hall–Kier alpha value is -2.71. The van der Waals surface area contributed by atoms with Crippen molar-refractivity contribution < 1.29 is 4.74 Å². The maximum Gasteiger partial charge on any atom is 0.164 e. The van der Waals surface area contributed by atoms with Gasteiger partial charge in [-0.05, 0) is 30.9 Å². The predicted molar refractivity (Wildman–Crippen MR) is 103 cm³/mol. The summed E-state index contributed by atoms with van der Waals surface area (Å²) in [6.07, 6.45) is 5.21. The van der Waals surface area contributed by atoms with E-state index in [0.29, 0.717) is 44.8 Å². The van der Waals surface area contributed by atoms with Crippen LogP contribution >= 0.6 is 11.6 Å². The Kier molecular flexibility index (Phi) is 3.95. The Morgan fingerprint density at radius 2 is 2.11 bits per heavy atom. The largest absolute Gasteiger partial charge is 0.383 e. The Labute approximate surface area is 159 Å². The highest BCUT2D eigenvalue weighted by atomic mass is 35.5. The highest BCUT2D eigenvalue weighted by molar-refractivity contribution is 6.38. The molecule has 138 valence electrons. The molecule has 4 aromatic rings. The van der Waals surface area contributed by atoms with Crippen LogP contribution in [0.15, 0.2) is 24.7 Å². The summed E-state index contributed by atoms with van der Waals surface area (Å²) in [7, 11) is 0. The van der Waals surface area contributed by atoms with Crippen LogP contribution in [-0.4, -0.2) is 42.9 Å². The molecule has 8 nitrogen and oxygen atoms in total. The van der Waals surface area contributed by atoms with Gasteiger partial charge in [-0.2, -0.15) is 5.10 Å². The van der Waals surface area contributed by atoms with Crippen LogP contribution in [0.3, 0.4) is 0 Å². The maximum absolute atomic E-state index is 6.63. The first kappa shape index (κ1) is 16.5. The third-order valence-corrected chi connectivity index (χ3v) is 5.47. The summed E-state index contributed by atoms with van der Waals surface area (Å²) in [6, 6.07) is 3.77. The summed E-state index contributed by atoms with van der Waals surface area (Å²) in [5, 5.41) is 6.94. The van der Waals surface area contributed by atoms with E-state index in [4.69, 9.17) is 27.2 Å². The van der Waals surface area contributed by atoms with Gasteiger partial charge in [0.2, 0.25) is 0 Å². The van der Waals surface area contributed by atoms with E-state index in [-0.39, 0.29) is 0 Å². The van der Waals surface area contributed by atoms with Gasteiger partial charge in [-0.15, -0.1) is 0 Å². The van der Waals surface area contributed by atoms with Gasteiger partial charge in [0.25, 0.3) is 0 Å². The van der Waals surface area contributed by atoms with Gasteiger partial charge in [-0.3, -0.25) is 0 Å². The van der Waals surface area contributed by atoms with Gasteiger partial charge < -0.3 is 15.5 Å². The zero-order valence-electron chi connectivity index (χ0n) is 14.5. The molecule has 3 N–H and O–H groups in total. The van der Waals surface area contributed by atoms with Crippen molar-refractivity contribution in [3.8, 4) is 11.4 Å². The molecular formula is C18H18ClN7O. The van der Waals surface area contributed by atoms with Crippen molar-refractivity contribution in [1.82, 2.24) is 29.7 Å². The number of nitrogens with zero attached hydrogens (tertiary/aromatic N) is 5. The smallest absolute Gasteiger partial charge is 0.164 e. The number of nitrogen functional groups attached to an aromatic ring is 1. The minimum atomic E-state index is 0.385. The molecule has 0 radical (unpaired) electrons. The fourth-order valence-electron chi connectivity index (χ4n) is 3.66. The van der Waals surface area contributed by atoms with E-state index in [9.17, 15) is 0 Å². The second kappa shape index (κ2) is 6.47. The molecule has 0 spiro atoms. The van der Waals surface area contributed by atoms with Crippen LogP contribution in [-0.2, 0) is 11.3 Å². The van der Waals surface area contributed by atoms with Crippen LogP contribution in [0.4, 0.5) is 5.82 Å². The van der Waals surface area contributed by atoms with Gasteiger partial charge in [-0.1, -0.05) is 11.6 Å². The molecule has 5 heterocycles. The first-order valence-corrected chi connectivity index (χ1v) is 9.27. The van der Waals surface area contributed by atoms with Crippen molar-refractivity contribution in [2.24, 2.45) is 5.92 Å². The number of rotatable bonds is 3. The number of anilines is 1. The number of pyridine rings is 1. The zero-order chi connectivity index (χ0) is 18.4. The van der Waals surface area contributed by atoms with E-state index in [0.717, 1.165) is 38.0 Å². The van der Waals surface area contributed by atoms with Crippen LogP contribution in [0.1, 0.15) is 12.8 Å². The van der Waals surface area contributed by atoms with Gasteiger partial charge in [0.1, 0.15) is 23.5 Å². The number of aromatic amines is 1. The Morgan fingerprint density at radius 3 is 2.93 bits per heavy atom. The number of hydrogen-bond donors (Lipinski definition) is 2. The van der Waals surface area contributed by atoms with Crippen LogP contribution in [0.2, 0.25) is 5.02 Å². The van der Waals surface area contributed by atoms with Crippen LogP contribution in [0, 0.1) is 5.92 Å². The van der Waals surface area contributed by atoms with Crippen LogP contribution < -0.4 is 5.73 Å². The lowest BCUT2D eigenvalue weighted by atomic mass is 10.0. The van der Waals surface area contributed by atoms with Crippen molar-refractivity contribution >= 4 is 39.5 Å². The number of hydrogen-bond acceptors (Lipinski definition) is 6. The molecule has 0 atom stereocenters. The van der Waals surface area contributed by atoms with Gasteiger partial charge in [0.15, 0.2) is 5.65 Å². The minimum Gasteiger partial charge on any atom is -0.383 e. The number of H-pyrrole nitrogens is 1. The van der Waals surface area contributed by atoms with Crippen molar-refractivity contribution in [3.05, 3.63) is 29.7 Å². The standard InChI is InChI=1S/C18H18ClN7O/c19-13-11-2-1-5-21-17(11)24-15(13)14-12-16(20)22-9-23-18(12)26(25-14)8-10-3-6-27-7-4-10/h1-2,5,9-10H,3-4,6-8H2,(H,21,24)(H2,20,22,23). The van der Waals surface area contributed by atoms with Crippen LogP contribution in [0.5, 0.6) is 0 Å². The van der Waals surface area contributed by atoms with Crippen molar-refractivity contribution in [2.75, 3.05) is 18.9 Å². The molecule has 5 rings (SSSR count). The Balaban J connectivity index is 1.68. The van der Waals surface area contributed by atoms with E-state index >= 15 is 0 Å². The molecule has 0 amide bonds. The molecular weight excluding hydrogens is 366 g/mol. The third kappa shape index (κ3) is 2.72. The normalized spacial score (nSPS) is 15.7. The Bertz CT molecular complexity index is 1130. The monoisotopic (exact) mass is 383 g/mol. The summed E-state index contributed by atoms with van der Waals surface area (Å²) < 4.78 is 7.37. The molecule has 1 aliphatic rings. The molecule has 1 aliphatic heterocycles. The molecule has 1 saturated heterocycles. The third-order valence-electron chi connectivity index (χ3n) is 5.07. The maximum atomic E-state index is 6.63. The second-order valence-corrected chi connectivity index (χ2v) is 7.14. The summed E-state index contributed by atoms with van der Waals surface area (Å²) in [5.41, 5.74) is 8.95. The first-order chi connectivity index (χ1) is 13.2. The van der Waals surface area contributed by atoms with Crippen molar-refractivity contribution in [2.45, 2.75) is 19.4 Å². The molecule has 0 bridgehead atoms. The second-order valence-electron chi connectivity index (χ2n) is 6.76. The Morgan fingerprint density at radius 1 is 1.26 bits per heavy atom. The topological polar surface area (TPSA) is 108 Å². The lowest BCUT2D eigenvalue weighted by Gasteiger charge is -2.21. The number of fused-ring (bicyclic) bond motifs is 2. The summed E-state index contributed by atoms with van der Waals surface area (Å²) in [4.78, 5) is 16.2. The summed E-state index contributed by atoms with van der Waals surface area (Å²) in [5.74, 6) is 0.877. The van der Waals surface area contributed by atoms with Gasteiger partial charge in [-0.25, -0.2) is 19.6 Å². The molecule has 0 aliphatic carbocycles. The summed E-state index contributed by atoms with van der Waals surface area (Å²) in [6.45, 7) is 2.33. The number of nitrogens with one attached hydrogen (secondary N) is 1. The molecule has 27 heavy (non-hydrogen) atoms. The minimum absolute atomic E-state index is 0.385. The highest BCUT2D eigenvalue weighted by Gasteiger charge is 2.24. The molecule has 1 fully saturated rings. The van der Waals surface area contributed by atoms with E-state index in [2.05, 4.69) is 19.9 Å². The fourth-order valence-corrected chi connectivity index (χ4v) is 3.95. The summed E-state index contributed by atoms with van der Waals surface area (Å²) >= 11 is 6.63. The molecule has 9 heteroatoms. The van der Waals surface area contributed by atoms with E-state index in [1.54, 1.807) is 6.20 Å². The van der Waals surface area contributed by atoms with Crippen LogP contribution in [0.25, 0.3) is 33.5 Å². The average molecular weight is 384 g/mol. The van der Waals surface area contributed by atoms with Gasteiger partial charge in [0, 0.05) is 31.3 Å². The van der Waals surface area contributed by atoms with Crippen molar-refractivity contribution in [1.29, 1.82) is 0 Å². The van der Waals surface area contributed by atoms with Crippen molar-refractivity contribution in [3.63, 3.8) is 0 Å². The quantitative estimate of drug-likeness (QED) is 0.563. The molecule has 4 aromatic heterocycles. The SMILES string of the molecule is Nc1ncnc2c1c(-c1[nH]c3ncccc3c1Cl)nn2CC1CCOCC1. The molecule has 0 aromatic carbocycles. The van der Waals surface area contributed by atoms with Gasteiger partial charge >= 0.3 is 0 Å². The molecule has 0 saturated carbocycles. The number of ether oxygens (including phenoxy) is 1. The van der Waals surface area contributed by atoms with E-state index in [1.165, 1.54) is 6.33 Å². The van der Waals surface area contributed by atoms with E-state index in [1.807, 2.05) is 16.8 Å². The fraction of sp³-hybridized carbons (Fsp3) is 0.333. The zero-order valence-corrected chi connectivity index (χ0v) is 15.3. The highest BCUT2D eigenvalue weighted by Crippen LogP contribution is 2.37. The lowest BCUT2D eigenvalue weighted by Crippen LogP contribution is -2.21.